The first-order valence-electron chi connectivity index (χ1n) is 16.0. The van der Waals surface area contributed by atoms with Crippen LogP contribution in [0.2, 0.25) is 0 Å². The number of rotatable bonds is 2. The van der Waals surface area contributed by atoms with Gasteiger partial charge in [-0.05, 0) is 87.0 Å². The Hall–Kier alpha value is -5.41. The molecule has 2 aliphatic heterocycles. The molecule has 3 heteroatoms. The number of hydrogen-bond donors (Lipinski definition) is 0. The molecule has 0 saturated heterocycles. The lowest BCUT2D eigenvalue weighted by Crippen LogP contribution is -2.38. The molecule has 0 atom stereocenters. The van der Waals surface area contributed by atoms with Gasteiger partial charge in [-0.25, -0.2) is 0 Å². The first-order valence-corrected chi connectivity index (χ1v) is 16.0. The predicted molar refractivity (Wildman–Crippen MR) is 190 cm³/mol. The molecule has 46 heavy (non-hydrogen) atoms. The van der Waals surface area contributed by atoms with Crippen LogP contribution in [-0.4, -0.2) is 0 Å². The Morgan fingerprint density at radius 1 is 0.478 bits per heavy atom. The minimum absolute atomic E-state index is 0.0110. The van der Waals surface area contributed by atoms with Crippen LogP contribution in [0.25, 0.3) is 44.2 Å². The summed E-state index contributed by atoms with van der Waals surface area (Å²) in [7, 11) is 0. The Morgan fingerprint density at radius 3 is 1.70 bits per heavy atom. The molecule has 0 aliphatic carbocycles. The van der Waals surface area contributed by atoms with E-state index in [4.69, 9.17) is 4.42 Å². The number of nitrogens with zero attached hydrogens (tertiary/aromatic N) is 1. The van der Waals surface area contributed by atoms with E-state index < -0.39 is 0 Å². The fourth-order valence-corrected chi connectivity index (χ4v) is 7.91. The monoisotopic (exact) mass is 595 g/mol. The van der Waals surface area contributed by atoms with Gasteiger partial charge in [0.05, 0.1) is 27.8 Å². The van der Waals surface area contributed by atoms with Gasteiger partial charge in [0.2, 0.25) is 5.43 Å². The van der Waals surface area contributed by atoms with Gasteiger partial charge in [0.25, 0.3) is 0 Å². The summed E-state index contributed by atoms with van der Waals surface area (Å²) in [4.78, 5) is 16.4. The van der Waals surface area contributed by atoms with Gasteiger partial charge in [0.15, 0.2) is 0 Å². The summed E-state index contributed by atoms with van der Waals surface area (Å²) in [5, 5.41) is 1.19. The maximum Gasteiger partial charge on any atom is 0.200 e. The van der Waals surface area contributed by atoms with Crippen LogP contribution in [0.5, 0.6) is 0 Å². The quantitative estimate of drug-likeness (QED) is 0.186. The SMILES string of the molecule is CC1(C)c2ccccc2N2c3ccc(-c4ccc5oc6ccc(-c7ccccc7)cc6c(=O)c5c4)cc3C(C)(C)c3cccc1c32. The molecule has 1 aromatic heterocycles. The zero-order valence-corrected chi connectivity index (χ0v) is 26.4. The van der Waals surface area contributed by atoms with E-state index in [1.165, 1.54) is 39.3 Å². The van der Waals surface area contributed by atoms with Gasteiger partial charge >= 0.3 is 0 Å². The van der Waals surface area contributed by atoms with Crippen LogP contribution in [0.4, 0.5) is 17.1 Å². The van der Waals surface area contributed by atoms with E-state index in [9.17, 15) is 4.79 Å². The molecule has 0 amide bonds. The Morgan fingerprint density at radius 2 is 1.00 bits per heavy atom. The average molecular weight is 596 g/mol. The third-order valence-electron chi connectivity index (χ3n) is 10.4. The predicted octanol–water partition coefficient (Wildman–Crippen LogP) is 11.0. The molecule has 2 aliphatic rings. The minimum Gasteiger partial charge on any atom is -0.456 e. The summed E-state index contributed by atoms with van der Waals surface area (Å²) in [5.74, 6) is 0. The summed E-state index contributed by atoms with van der Waals surface area (Å²) >= 11 is 0. The molecule has 0 radical (unpaired) electrons. The lowest BCUT2D eigenvalue weighted by molar-refractivity contribution is 0.597. The molecule has 0 bridgehead atoms. The normalized spacial score (nSPS) is 15.3. The van der Waals surface area contributed by atoms with Gasteiger partial charge in [0.1, 0.15) is 11.2 Å². The van der Waals surface area contributed by atoms with Crippen molar-refractivity contribution in [2.45, 2.75) is 38.5 Å². The third-order valence-corrected chi connectivity index (χ3v) is 10.4. The van der Waals surface area contributed by atoms with Crippen molar-refractivity contribution in [3.63, 3.8) is 0 Å². The summed E-state index contributed by atoms with van der Waals surface area (Å²) in [6.45, 7) is 9.35. The molecule has 222 valence electrons. The van der Waals surface area contributed by atoms with Crippen molar-refractivity contribution in [1.29, 1.82) is 0 Å². The summed E-state index contributed by atoms with van der Waals surface area (Å²) in [5.41, 5.74) is 14.0. The Balaban J connectivity index is 1.22. The molecular formula is C43H33NO2. The summed E-state index contributed by atoms with van der Waals surface area (Å²) in [6.07, 6.45) is 0. The highest BCUT2D eigenvalue weighted by Gasteiger charge is 2.45. The largest absolute Gasteiger partial charge is 0.456 e. The van der Waals surface area contributed by atoms with Crippen molar-refractivity contribution in [3.8, 4) is 22.3 Å². The molecule has 6 aromatic carbocycles. The van der Waals surface area contributed by atoms with E-state index in [1.54, 1.807) is 0 Å². The highest BCUT2D eigenvalue weighted by atomic mass is 16.3. The number of fused-ring (bicyclic) bond motifs is 6. The highest BCUT2D eigenvalue weighted by Crippen LogP contribution is 2.60. The molecule has 0 N–H and O–H groups in total. The number of para-hydroxylation sites is 2. The zero-order valence-electron chi connectivity index (χ0n) is 26.4. The van der Waals surface area contributed by atoms with Gasteiger partial charge in [-0.3, -0.25) is 4.79 Å². The van der Waals surface area contributed by atoms with Crippen molar-refractivity contribution < 1.29 is 4.42 Å². The van der Waals surface area contributed by atoms with Crippen LogP contribution in [0.15, 0.2) is 137 Å². The molecular weight excluding hydrogens is 562 g/mol. The van der Waals surface area contributed by atoms with Crippen LogP contribution < -0.4 is 10.3 Å². The number of hydrogen-bond acceptors (Lipinski definition) is 3. The van der Waals surface area contributed by atoms with Crippen LogP contribution in [0.1, 0.15) is 49.9 Å². The van der Waals surface area contributed by atoms with Crippen LogP contribution in [-0.2, 0) is 10.8 Å². The van der Waals surface area contributed by atoms with Crippen LogP contribution >= 0.6 is 0 Å². The third kappa shape index (κ3) is 3.63. The average Bonchev–Trinajstić information content (AvgIpc) is 3.08. The second-order valence-corrected chi connectivity index (χ2v) is 13.8. The maximum atomic E-state index is 14.0. The van der Waals surface area contributed by atoms with E-state index in [0.717, 1.165) is 22.3 Å². The second-order valence-electron chi connectivity index (χ2n) is 13.8. The fraction of sp³-hybridized carbons (Fsp3) is 0.140. The first kappa shape index (κ1) is 26.9. The molecule has 7 aromatic rings. The first-order chi connectivity index (χ1) is 22.2. The van der Waals surface area contributed by atoms with Crippen LogP contribution in [0.3, 0.4) is 0 Å². The van der Waals surface area contributed by atoms with Crippen molar-refractivity contribution in [3.05, 3.63) is 160 Å². The lowest BCUT2D eigenvalue weighted by Gasteiger charge is -2.49. The maximum absolute atomic E-state index is 14.0. The van der Waals surface area contributed by atoms with Crippen LogP contribution in [0, 0.1) is 0 Å². The van der Waals surface area contributed by atoms with E-state index in [2.05, 4.69) is 111 Å². The fourth-order valence-electron chi connectivity index (χ4n) is 7.91. The van der Waals surface area contributed by atoms with E-state index >= 15 is 0 Å². The Bertz CT molecular complexity index is 2450. The van der Waals surface area contributed by atoms with Crippen molar-refractivity contribution in [2.75, 3.05) is 4.90 Å². The Kier molecular flexibility index (Phi) is 5.45. The lowest BCUT2D eigenvalue weighted by atomic mass is 9.66. The number of anilines is 3. The number of benzene rings is 6. The Labute approximate surface area is 268 Å². The molecule has 0 saturated carbocycles. The van der Waals surface area contributed by atoms with Gasteiger partial charge in [-0.2, -0.15) is 0 Å². The van der Waals surface area contributed by atoms with Gasteiger partial charge in [-0.1, -0.05) is 113 Å². The summed E-state index contributed by atoms with van der Waals surface area (Å²) < 4.78 is 6.26. The molecule has 9 rings (SSSR count). The van der Waals surface area contributed by atoms with E-state index in [0.29, 0.717) is 21.9 Å². The smallest absolute Gasteiger partial charge is 0.200 e. The standard InChI is InChI=1S/C43H33NO2/c1-42(2)32-13-8-9-16-36(32)44-37-20-17-29(25-35(37)43(3,4)34-15-10-14-33(42)40(34)44)28-19-22-39-31(24-28)41(45)30-23-27(18-21-38(30)46-39)26-11-6-5-7-12-26/h5-25H,1-4H3. The van der Waals surface area contributed by atoms with E-state index in [-0.39, 0.29) is 16.3 Å². The molecule has 0 spiro atoms. The zero-order chi connectivity index (χ0) is 31.4. The molecule has 0 unspecified atom stereocenters. The summed E-state index contributed by atoms with van der Waals surface area (Å²) in [6, 6.07) is 44.4. The molecule has 0 fully saturated rings. The van der Waals surface area contributed by atoms with Gasteiger partial charge in [-0.15, -0.1) is 0 Å². The van der Waals surface area contributed by atoms with E-state index in [1.807, 2.05) is 48.5 Å². The van der Waals surface area contributed by atoms with Crippen molar-refractivity contribution in [1.82, 2.24) is 0 Å². The van der Waals surface area contributed by atoms with Crippen molar-refractivity contribution >= 4 is 39.0 Å². The van der Waals surface area contributed by atoms with Gasteiger partial charge < -0.3 is 9.32 Å². The molecule has 3 nitrogen and oxygen atoms in total. The topological polar surface area (TPSA) is 33.5 Å². The minimum atomic E-state index is -0.227. The highest BCUT2D eigenvalue weighted by molar-refractivity contribution is 5.96. The second kappa shape index (κ2) is 9.31. The molecule has 3 heterocycles. The van der Waals surface area contributed by atoms with Gasteiger partial charge in [0, 0.05) is 10.8 Å². The van der Waals surface area contributed by atoms with Crippen molar-refractivity contribution in [2.24, 2.45) is 0 Å².